The van der Waals surface area contributed by atoms with Crippen LogP contribution in [0, 0.1) is 0 Å². The van der Waals surface area contributed by atoms with Gasteiger partial charge in [0.15, 0.2) is 0 Å². The van der Waals surface area contributed by atoms with Gasteiger partial charge >= 0.3 is 0 Å². The lowest BCUT2D eigenvalue weighted by Crippen LogP contribution is -2.41. The number of nitrogens with zero attached hydrogens (tertiary/aromatic N) is 3. The number of imidazole rings is 1. The highest BCUT2D eigenvalue weighted by Crippen LogP contribution is 2.27. The summed E-state index contributed by atoms with van der Waals surface area (Å²) in [4.78, 5) is 36.8. The normalized spacial score (nSPS) is 20.5. The van der Waals surface area contributed by atoms with Gasteiger partial charge in [-0.15, -0.1) is 0 Å². The topological polar surface area (TPSA) is 78.5 Å². The minimum Gasteiger partial charge on any atom is -0.378 e. The van der Waals surface area contributed by atoms with Crippen molar-refractivity contribution in [3.63, 3.8) is 0 Å². The lowest BCUT2D eigenvalue weighted by Gasteiger charge is -2.32. The Balaban J connectivity index is 1.27. The minimum atomic E-state index is 0.134. The molecular formula is C21H28N4O3. The number of amides is 2. The van der Waals surface area contributed by atoms with Crippen molar-refractivity contribution in [2.75, 3.05) is 39.4 Å². The van der Waals surface area contributed by atoms with Crippen molar-refractivity contribution in [2.45, 2.75) is 38.0 Å². The van der Waals surface area contributed by atoms with E-state index in [1.165, 1.54) is 0 Å². The number of hydrogen-bond acceptors (Lipinski definition) is 4. The van der Waals surface area contributed by atoms with E-state index in [0.29, 0.717) is 52.1 Å². The maximum atomic E-state index is 12.7. The van der Waals surface area contributed by atoms with Crippen molar-refractivity contribution in [1.29, 1.82) is 0 Å². The Kier molecular flexibility index (Phi) is 5.90. The molecule has 0 bridgehead atoms. The van der Waals surface area contributed by atoms with E-state index in [2.05, 4.69) is 4.98 Å². The lowest BCUT2D eigenvalue weighted by molar-refractivity contribution is -0.136. The van der Waals surface area contributed by atoms with E-state index in [4.69, 9.17) is 9.72 Å². The fourth-order valence-corrected chi connectivity index (χ4v) is 4.11. The van der Waals surface area contributed by atoms with E-state index in [1.54, 1.807) is 0 Å². The molecule has 0 radical (unpaired) electrons. The molecule has 1 atom stereocenters. The van der Waals surface area contributed by atoms with Gasteiger partial charge < -0.3 is 19.5 Å². The highest BCUT2D eigenvalue weighted by atomic mass is 16.5. The number of ether oxygens (including phenoxy) is 1. The molecule has 2 aliphatic rings. The summed E-state index contributed by atoms with van der Waals surface area (Å²) in [5.41, 5.74) is 2.02. The predicted molar refractivity (Wildman–Crippen MR) is 106 cm³/mol. The summed E-state index contributed by atoms with van der Waals surface area (Å²) in [7, 11) is 0. The number of rotatable bonds is 5. The van der Waals surface area contributed by atoms with Crippen LogP contribution in [0.25, 0.3) is 11.0 Å². The summed E-state index contributed by atoms with van der Waals surface area (Å²) < 4.78 is 5.28. The number of benzene rings is 1. The number of likely N-dealkylation sites (tertiary alicyclic amines) is 1. The van der Waals surface area contributed by atoms with E-state index in [0.717, 1.165) is 36.2 Å². The second-order valence-corrected chi connectivity index (χ2v) is 7.66. The van der Waals surface area contributed by atoms with Gasteiger partial charge in [-0.1, -0.05) is 12.1 Å². The van der Waals surface area contributed by atoms with Gasteiger partial charge in [0.1, 0.15) is 5.82 Å². The van der Waals surface area contributed by atoms with Crippen LogP contribution in [0.15, 0.2) is 24.3 Å². The number of carbonyl (C=O) groups is 2. The minimum absolute atomic E-state index is 0.134. The van der Waals surface area contributed by atoms with Crippen molar-refractivity contribution in [3.8, 4) is 0 Å². The molecule has 2 fully saturated rings. The largest absolute Gasteiger partial charge is 0.378 e. The molecule has 150 valence electrons. The molecule has 1 N–H and O–H groups in total. The average molecular weight is 384 g/mol. The third-order valence-electron chi connectivity index (χ3n) is 5.71. The van der Waals surface area contributed by atoms with Gasteiger partial charge in [-0.2, -0.15) is 0 Å². The Labute approximate surface area is 165 Å². The van der Waals surface area contributed by atoms with E-state index in [-0.39, 0.29) is 17.7 Å². The van der Waals surface area contributed by atoms with Crippen LogP contribution < -0.4 is 0 Å². The third kappa shape index (κ3) is 4.35. The van der Waals surface area contributed by atoms with Crippen LogP contribution in [0.3, 0.4) is 0 Å². The summed E-state index contributed by atoms with van der Waals surface area (Å²) in [5.74, 6) is 1.51. The summed E-state index contributed by atoms with van der Waals surface area (Å²) in [6.45, 7) is 4.06. The zero-order valence-corrected chi connectivity index (χ0v) is 16.2. The number of nitrogens with one attached hydrogen (secondary N) is 1. The maximum Gasteiger partial charge on any atom is 0.222 e. The number of carbonyl (C=O) groups excluding carboxylic acids is 2. The molecule has 1 aromatic heterocycles. The van der Waals surface area contributed by atoms with Gasteiger partial charge in [0.2, 0.25) is 11.8 Å². The van der Waals surface area contributed by atoms with Gasteiger partial charge in [0.25, 0.3) is 0 Å². The van der Waals surface area contributed by atoms with Crippen molar-refractivity contribution < 1.29 is 14.3 Å². The first-order chi connectivity index (χ1) is 13.7. The number of hydrogen-bond donors (Lipinski definition) is 1. The van der Waals surface area contributed by atoms with Gasteiger partial charge in [0, 0.05) is 44.9 Å². The van der Waals surface area contributed by atoms with Crippen LogP contribution in [0.4, 0.5) is 0 Å². The van der Waals surface area contributed by atoms with Crippen molar-refractivity contribution in [2.24, 2.45) is 0 Å². The Hall–Kier alpha value is -2.41. The Morgan fingerprint density at radius 3 is 2.61 bits per heavy atom. The van der Waals surface area contributed by atoms with Crippen molar-refractivity contribution in [1.82, 2.24) is 19.8 Å². The first-order valence-corrected chi connectivity index (χ1v) is 10.3. The second-order valence-electron chi connectivity index (χ2n) is 7.66. The Morgan fingerprint density at radius 1 is 1.07 bits per heavy atom. The number of morpholine rings is 1. The fraction of sp³-hybridized carbons (Fsp3) is 0.571. The van der Waals surface area contributed by atoms with Gasteiger partial charge in [-0.25, -0.2) is 4.98 Å². The molecular weight excluding hydrogens is 356 g/mol. The lowest BCUT2D eigenvalue weighted by atomic mass is 9.97. The monoisotopic (exact) mass is 384 g/mol. The van der Waals surface area contributed by atoms with Crippen molar-refractivity contribution >= 4 is 22.8 Å². The zero-order chi connectivity index (χ0) is 19.3. The summed E-state index contributed by atoms with van der Waals surface area (Å²) >= 11 is 0. The maximum absolute atomic E-state index is 12.7. The molecule has 4 rings (SSSR count). The smallest absolute Gasteiger partial charge is 0.222 e. The Morgan fingerprint density at radius 2 is 1.82 bits per heavy atom. The molecule has 3 heterocycles. The van der Waals surface area contributed by atoms with Crippen LogP contribution >= 0.6 is 0 Å². The quantitative estimate of drug-likeness (QED) is 0.858. The number of aromatic nitrogens is 2. The SMILES string of the molecule is O=C(CCCC(=O)N1CCCC(c2nc3ccccc3[nH]2)C1)N1CCOCC1. The predicted octanol–water partition coefficient (Wildman–Crippen LogP) is 2.30. The zero-order valence-electron chi connectivity index (χ0n) is 16.2. The van der Waals surface area contributed by atoms with E-state index in [1.807, 2.05) is 34.1 Å². The molecule has 0 spiro atoms. The number of para-hydroxylation sites is 2. The number of piperidine rings is 1. The number of aromatic amines is 1. The molecule has 0 saturated carbocycles. The highest BCUT2D eigenvalue weighted by molar-refractivity contribution is 5.79. The highest BCUT2D eigenvalue weighted by Gasteiger charge is 2.27. The van der Waals surface area contributed by atoms with Crippen LogP contribution in [0.1, 0.15) is 43.8 Å². The Bertz CT molecular complexity index is 795. The van der Waals surface area contributed by atoms with Gasteiger partial charge in [0.05, 0.1) is 24.2 Å². The molecule has 28 heavy (non-hydrogen) atoms. The van der Waals surface area contributed by atoms with Gasteiger partial charge in [-0.05, 0) is 31.4 Å². The second kappa shape index (κ2) is 8.73. The van der Waals surface area contributed by atoms with E-state index in [9.17, 15) is 9.59 Å². The van der Waals surface area contributed by atoms with E-state index >= 15 is 0 Å². The average Bonchev–Trinajstić information content (AvgIpc) is 3.19. The number of H-pyrrole nitrogens is 1. The molecule has 1 aromatic carbocycles. The third-order valence-corrected chi connectivity index (χ3v) is 5.71. The summed E-state index contributed by atoms with van der Waals surface area (Å²) in [5, 5.41) is 0. The summed E-state index contributed by atoms with van der Waals surface area (Å²) in [6.07, 6.45) is 3.51. The number of fused-ring (bicyclic) bond motifs is 1. The standard InChI is InChI=1S/C21H28N4O3/c26-19(24-11-13-28-14-12-24)8-3-9-20(27)25-10-4-5-16(15-25)21-22-17-6-1-2-7-18(17)23-21/h1-2,6-7,16H,3-5,8-15H2,(H,22,23). The van der Waals surface area contributed by atoms with Crippen LogP contribution in [0.5, 0.6) is 0 Å². The first kappa shape index (κ1) is 18.9. The van der Waals surface area contributed by atoms with Crippen LogP contribution in [-0.2, 0) is 14.3 Å². The molecule has 2 amide bonds. The van der Waals surface area contributed by atoms with Crippen molar-refractivity contribution in [3.05, 3.63) is 30.1 Å². The molecule has 2 saturated heterocycles. The molecule has 2 aromatic rings. The summed E-state index contributed by atoms with van der Waals surface area (Å²) in [6, 6.07) is 8.02. The molecule has 0 aliphatic carbocycles. The molecule has 1 unspecified atom stereocenters. The van der Waals surface area contributed by atoms with Crippen LogP contribution in [-0.4, -0.2) is 71.0 Å². The fourth-order valence-electron chi connectivity index (χ4n) is 4.11. The first-order valence-electron chi connectivity index (χ1n) is 10.3. The van der Waals surface area contributed by atoms with E-state index < -0.39 is 0 Å². The van der Waals surface area contributed by atoms with Gasteiger partial charge in [-0.3, -0.25) is 9.59 Å². The molecule has 7 heteroatoms. The molecule has 7 nitrogen and oxygen atoms in total. The molecule has 2 aliphatic heterocycles. The van der Waals surface area contributed by atoms with Crippen LogP contribution in [0.2, 0.25) is 0 Å².